The van der Waals surface area contributed by atoms with Crippen molar-refractivity contribution in [1.29, 1.82) is 0 Å². The lowest BCUT2D eigenvalue weighted by Crippen LogP contribution is -2.55. The van der Waals surface area contributed by atoms with Crippen LogP contribution in [0.4, 0.5) is 8.78 Å². The second-order valence-corrected chi connectivity index (χ2v) is 3.95. The number of hydrogen-bond acceptors (Lipinski definition) is 3. The monoisotopic (exact) mass is 214 g/mol. The molecule has 2 rings (SSSR count). The lowest BCUT2D eigenvalue weighted by molar-refractivity contribution is -0.126. The fourth-order valence-corrected chi connectivity index (χ4v) is 1.85. The van der Waals surface area contributed by atoms with Crippen molar-refractivity contribution in [2.24, 2.45) is 5.73 Å². The van der Waals surface area contributed by atoms with Crippen LogP contribution in [-0.2, 0) is 5.54 Å². The summed E-state index contributed by atoms with van der Waals surface area (Å²) in [6.07, 6.45) is 0.819. The Hall–Kier alpha value is -1.23. The SMILES string of the molecule is COc1ccc(C2(N)CC(F)(F)C2)nc1. The second kappa shape index (κ2) is 3.13. The van der Waals surface area contributed by atoms with Crippen LogP contribution in [0.2, 0.25) is 0 Å². The number of rotatable bonds is 2. The van der Waals surface area contributed by atoms with Crippen molar-refractivity contribution in [1.82, 2.24) is 4.98 Å². The summed E-state index contributed by atoms with van der Waals surface area (Å²) in [5, 5.41) is 0. The summed E-state index contributed by atoms with van der Waals surface area (Å²) in [5.74, 6) is -2.05. The van der Waals surface area contributed by atoms with Crippen LogP contribution in [-0.4, -0.2) is 18.0 Å². The predicted octanol–water partition coefficient (Wildman–Crippen LogP) is 1.67. The summed E-state index contributed by atoms with van der Waals surface area (Å²) < 4.78 is 30.4. The summed E-state index contributed by atoms with van der Waals surface area (Å²) in [5.41, 5.74) is 5.33. The molecule has 0 unspecified atom stereocenters. The lowest BCUT2D eigenvalue weighted by atomic mass is 9.72. The average molecular weight is 214 g/mol. The number of hydrogen-bond donors (Lipinski definition) is 1. The molecule has 0 aliphatic heterocycles. The molecule has 1 heterocycles. The Bertz CT molecular complexity index is 356. The first kappa shape index (κ1) is 10.3. The van der Waals surface area contributed by atoms with E-state index in [1.807, 2.05) is 0 Å². The van der Waals surface area contributed by atoms with Crippen molar-refractivity contribution in [3.63, 3.8) is 0 Å². The molecule has 0 spiro atoms. The number of aromatic nitrogens is 1. The van der Waals surface area contributed by atoms with Gasteiger partial charge in [0.2, 0.25) is 0 Å². The van der Waals surface area contributed by atoms with Gasteiger partial charge in [0.1, 0.15) is 5.75 Å². The molecule has 15 heavy (non-hydrogen) atoms. The molecule has 5 heteroatoms. The molecule has 0 atom stereocenters. The summed E-state index contributed by atoms with van der Waals surface area (Å²) in [4.78, 5) is 4.03. The fraction of sp³-hybridized carbons (Fsp3) is 0.500. The number of alkyl halides is 2. The Morgan fingerprint density at radius 1 is 1.40 bits per heavy atom. The maximum absolute atomic E-state index is 12.7. The topological polar surface area (TPSA) is 48.1 Å². The van der Waals surface area contributed by atoms with E-state index in [0.717, 1.165) is 0 Å². The summed E-state index contributed by atoms with van der Waals surface area (Å²) in [7, 11) is 1.52. The van der Waals surface area contributed by atoms with Gasteiger partial charge >= 0.3 is 0 Å². The molecule has 0 radical (unpaired) electrons. The predicted molar refractivity (Wildman–Crippen MR) is 50.8 cm³/mol. The van der Waals surface area contributed by atoms with Gasteiger partial charge in [-0.25, -0.2) is 8.78 Å². The molecule has 0 saturated heterocycles. The van der Waals surface area contributed by atoms with E-state index < -0.39 is 11.5 Å². The lowest BCUT2D eigenvalue weighted by Gasteiger charge is -2.43. The van der Waals surface area contributed by atoms with Crippen LogP contribution in [0.15, 0.2) is 18.3 Å². The number of halogens is 2. The molecule has 0 aromatic carbocycles. The van der Waals surface area contributed by atoms with E-state index in [0.29, 0.717) is 11.4 Å². The number of pyridine rings is 1. The Labute approximate surface area is 86.3 Å². The van der Waals surface area contributed by atoms with E-state index in [2.05, 4.69) is 4.98 Å². The normalized spacial score (nSPS) is 21.9. The van der Waals surface area contributed by atoms with E-state index in [-0.39, 0.29) is 12.8 Å². The largest absolute Gasteiger partial charge is 0.495 e. The number of nitrogens with zero attached hydrogens (tertiary/aromatic N) is 1. The fourth-order valence-electron chi connectivity index (χ4n) is 1.85. The number of methoxy groups -OCH3 is 1. The van der Waals surface area contributed by atoms with Gasteiger partial charge in [0.05, 0.1) is 24.5 Å². The van der Waals surface area contributed by atoms with Crippen molar-refractivity contribution in [2.45, 2.75) is 24.3 Å². The molecule has 3 nitrogen and oxygen atoms in total. The van der Waals surface area contributed by atoms with E-state index in [9.17, 15) is 8.78 Å². The Morgan fingerprint density at radius 2 is 2.07 bits per heavy atom. The molecule has 0 bridgehead atoms. The van der Waals surface area contributed by atoms with E-state index in [1.165, 1.54) is 13.3 Å². The van der Waals surface area contributed by atoms with Gasteiger partial charge in [-0.1, -0.05) is 0 Å². The average Bonchev–Trinajstić information content (AvgIpc) is 2.15. The maximum atomic E-state index is 12.7. The molecule has 1 aromatic rings. The van der Waals surface area contributed by atoms with Gasteiger partial charge in [-0.2, -0.15) is 0 Å². The van der Waals surface area contributed by atoms with Gasteiger partial charge in [-0.05, 0) is 12.1 Å². The third kappa shape index (κ3) is 1.79. The van der Waals surface area contributed by atoms with E-state index in [1.54, 1.807) is 12.1 Å². The highest BCUT2D eigenvalue weighted by atomic mass is 19.3. The number of ether oxygens (including phenoxy) is 1. The standard InChI is InChI=1S/C10H12F2N2O/c1-15-7-2-3-8(14-4-7)9(13)5-10(11,12)6-9/h2-4H,5-6,13H2,1H3. The molecular weight excluding hydrogens is 202 g/mol. The molecule has 1 aromatic heterocycles. The first-order valence-electron chi connectivity index (χ1n) is 4.62. The summed E-state index contributed by atoms with van der Waals surface area (Å²) in [6.45, 7) is 0. The van der Waals surface area contributed by atoms with Gasteiger partial charge in [0, 0.05) is 12.8 Å². The second-order valence-electron chi connectivity index (χ2n) is 3.95. The van der Waals surface area contributed by atoms with Crippen molar-refractivity contribution in [2.75, 3.05) is 7.11 Å². The van der Waals surface area contributed by atoms with Crippen LogP contribution in [0, 0.1) is 0 Å². The van der Waals surface area contributed by atoms with Gasteiger partial charge in [0.25, 0.3) is 5.92 Å². The molecule has 82 valence electrons. The Kier molecular flexibility index (Phi) is 2.15. The van der Waals surface area contributed by atoms with Crippen LogP contribution < -0.4 is 10.5 Å². The molecule has 2 N–H and O–H groups in total. The summed E-state index contributed by atoms with van der Waals surface area (Å²) in [6, 6.07) is 3.31. The van der Waals surface area contributed by atoms with Gasteiger partial charge < -0.3 is 10.5 Å². The first-order chi connectivity index (χ1) is 6.95. The molecule has 0 amide bonds. The highest BCUT2D eigenvalue weighted by Crippen LogP contribution is 2.49. The third-order valence-electron chi connectivity index (χ3n) is 2.63. The van der Waals surface area contributed by atoms with Gasteiger partial charge in [-0.3, -0.25) is 4.98 Å². The minimum Gasteiger partial charge on any atom is -0.495 e. The molecule has 1 fully saturated rings. The highest BCUT2D eigenvalue weighted by molar-refractivity contribution is 5.27. The smallest absolute Gasteiger partial charge is 0.252 e. The minimum atomic E-state index is -2.64. The van der Waals surface area contributed by atoms with Gasteiger partial charge in [-0.15, -0.1) is 0 Å². The van der Waals surface area contributed by atoms with Crippen LogP contribution in [0.25, 0.3) is 0 Å². The van der Waals surface area contributed by atoms with Gasteiger partial charge in [0.15, 0.2) is 0 Å². The summed E-state index contributed by atoms with van der Waals surface area (Å²) >= 11 is 0. The van der Waals surface area contributed by atoms with Crippen LogP contribution in [0.3, 0.4) is 0 Å². The molecule has 1 aliphatic rings. The zero-order chi connectivity index (χ0) is 11.1. The quantitative estimate of drug-likeness (QED) is 0.814. The van der Waals surface area contributed by atoms with E-state index >= 15 is 0 Å². The van der Waals surface area contributed by atoms with Crippen LogP contribution in [0.1, 0.15) is 18.5 Å². The molecule has 1 saturated carbocycles. The zero-order valence-electron chi connectivity index (χ0n) is 8.34. The number of nitrogens with two attached hydrogens (primary N) is 1. The van der Waals surface area contributed by atoms with E-state index in [4.69, 9.17) is 10.5 Å². The maximum Gasteiger partial charge on any atom is 0.252 e. The minimum absolute atomic E-state index is 0.334. The van der Waals surface area contributed by atoms with Crippen molar-refractivity contribution in [3.05, 3.63) is 24.0 Å². The molecule has 1 aliphatic carbocycles. The highest BCUT2D eigenvalue weighted by Gasteiger charge is 2.55. The molecular formula is C10H12F2N2O. The Balaban J connectivity index is 2.17. The van der Waals surface area contributed by atoms with Crippen molar-refractivity contribution in [3.8, 4) is 5.75 Å². The third-order valence-corrected chi connectivity index (χ3v) is 2.63. The van der Waals surface area contributed by atoms with Crippen molar-refractivity contribution < 1.29 is 13.5 Å². The van der Waals surface area contributed by atoms with Crippen LogP contribution >= 0.6 is 0 Å². The van der Waals surface area contributed by atoms with Crippen molar-refractivity contribution >= 4 is 0 Å². The first-order valence-corrected chi connectivity index (χ1v) is 4.62. The van der Waals surface area contributed by atoms with Crippen LogP contribution in [0.5, 0.6) is 5.75 Å². The Morgan fingerprint density at radius 3 is 2.47 bits per heavy atom. The zero-order valence-corrected chi connectivity index (χ0v) is 8.34.